The van der Waals surface area contributed by atoms with E-state index in [4.69, 9.17) is 18.0 Å². The van der Waals surface area contributed by atoms with Crippen molar-refractivity contribution in [1.29, 1.82) is 0 Å². The first kappa shape index (κ1) is 26.9. The third-order valence-corrected chi connectivity index (χ3v) is 6.62. The van der Waals surface area contributed by atoms with Crippen LogP contribution < -0.4 is 18.0 Å². The lowest BCUT2D eigenvalue weighted by molar-refractivity contribution is 0.104. The van der Waals surface area contributed by atoms with Crippen LogP contribution in [0.5, 0.6) is 23.0 Å². The molecule has 0 atom stereocenters. The Bertz CT molecular complexity index is 958. The third kappa shape index (κ3) is 9.23. The van der Waals surface area contributed by atoms with E-state index in [0.29, 0.717) is 22.8 Å². The largest absolute Gasteiger partial charge is 0.544 e. The van der Waals surface area contributed by atoms with Gasteiger partial charge in [0, 0.05) is 17.7 Å². The SMILES string of the molecule is COc1ccc(C(=O)/C=C/c2c(O[Si](C)(C)C)cc(O[Si](C)(C)C)cc2O[Si](C)(C)C)cc1. The molecule has 0 saturated heterocycles. The van der Waals surface area contributed by atoms with Gasteiger partial charge in [0.1, 0.15) is 23.0 Å². The average molecular weight is 503 g/mol. The molecule has 0 bridgehead atoms. The van der Waals surface area contributed by atoms with Crippen LogP contribution in [0.3, 0.4) is 0 Å². The molecule has 0 spiro atoms. The minimum atomic E-state index is -1.94. The molecule has 0 aliphatic heterocycles. The first-order valence-corrected chi connectivity index (χ1v) is 21.4. The van der Waals surface area contributed by atoms with E-state index in [2.05, 4.69) is 58.9 Å². The number of hydrogen-bond acceptors (Lipinski definition) is 5. The molecule has 0 heterocycles. The highest BCUT2D eigenvalue weighted by molar-refractivity contribution is 6.71. The van der Waals surface area contributed by atoms with Crippen LogP contribution in [0.1, 0.15) is 15.9 Å². The molecule has 0 fully saturated rings. The van der Waals surface area contributed by atoms with Crippen molar-refractivity contribution in [2.24, 2.45) is 0 Å². The van der Waals surface area contributed by atoms with Crippen molar-refractivity contribution >= 4 is 36.8 Å². The van der Waals surface area contributed by atoms with Crippen molar-refractivity contribution in [2.75, 3.05) is 7.11 Å². The molecule has 2 rings (SSSR count). The summed E-state index contributed by atoms with van der Waals surface area (Å²) in [5.74, 6) is 2.74. The number of benzene rings is 2. The molecule has 5 nitrogen and oxygen atoms in total. The highest BCUT2D eigenvalue weighted by atomic mass is 28.4. The summed E-state index contributed by atoms with van der Waals surface area (Å²) in [5.41, 5.74) is 1.36. The van der Waals surface area contributed by atoms with Crippen molar-refractivity contribution in [3.05, 3.63) is 53.6 Å². The summed E-state index contributed by atoms with van der Waals surface area (Å²) in [7, 11) is -4.12. The molecule has 2 aromatic rings. The van der Waals surface area contributed by atoms with Crippen molar-refractivity contribution < 1.29 is 22.8 Å². The summed E-state index contributed by atoms with van der Waals surface area (Å²) in [6, 6.07) is 11.0. The van der Waals surface area contributed by atoms with E-state index in [-0.39, 0.29) is 5.78 Å². The molecule has 0 aliphatic rings. The van der Waals surface area contributed by atoms with Gasteiger partial charge < -0.3 is 18.0 Å². The molecule has 8 heteroatoms. The Morgan fingerprint density at radius 2 is 1.15 bits per heavy atom. The van der Waals surface area contributed by atoms with Crippen molar-refractivity contribution in [3.8, 4) is 23.0 Å². The van der Waals surface area contributed by atoms with Gasteiger partial charge in [0.15, 0.2) is 5.78 Å². The molecular formula is C25H38O5Si3. The summed E-state index contributed by atoms with van der Waals surface area (Å²) >= 11 is 0. The van der Waals surface area contributed by atoms with Gasteiger partial charge in [0.25, 0.3) is 0 Å². The molecule has 180 valence electrons. The van der Waals surface area contributed by atoms with Gasteiger partial charge in [-0.3, -0.25) is 4.79 Å². The number of ether oxygens (including phenoxy) is 1. The fourth-order valence-electron chi connectivity index (χ4n) is 2.99. The molecule has 0 unspecified atom stereocenters. The van der Waals surface area contributed by atoms with Crippen molar-refractivity contribution in [3.63, 3.8) is 0 Å². The van der Waals surface area contributed by atoms with Crippen LogP contribution in [0, 0.1) is 0 Å². The van der Waals surface area contributed by atoms with Crippen LogP contribution in [-0.4, -0.2) is 37.8 Å². The van der Waals surface area contributed by atoms with Gasteiger partial charge in [-0.05, 0) is 95.3 Å². The van der Waals surface area contributed by atoms with E-state index in [1.807, 2.05) is 12.1 Å². The zero-order valence-electron chi connectivity index (χ0n) is 21.7. The Kier molecular flexibility index (Phi) is 8.42. The summed E-state index contributed by atoms with van der Waals surface area (Å²) in [5, 5.41) is 0. The van der Waals surface area contributed by atoms with Gasteiger partial charge in [-0.1, -0.05) is 0 Å². The molecule has 0 N–H and O–H groups in total. The predicted molar refractivity (Wildman–Crippen MR) is 145 cm³/mol. The van der Waals surface area contributed by atoms with Crippen LogP contribution in [0.4, 0.5) is 0 Å². The number of rotatable bonds is 10. The third-order valence-electron chi connectivity index (χ3n) is 4.11. The topological polar surface area (TPSA) is 54.0 Å². The second-order valence-electron chi connectivity index (χ2n) is 10.9. The van der Waals surface area contributed by atoms with E-state index in [1.165, 1.54) is 0 Å². The minimum absolute atomic E-state index is 0.0991. The summed E-state index contributed by atoms with van der Waals surface area (Å²) in [4.78, 5) is 12.9. The lowest BCUT2D eigenvalue weighted by Gasteiger charge is -2.28. The number of carbonyl (C=O) groups excluding carboxylic acids is 1. The summed E-state index contributed by atoms with van der Waals surface area (Å²) < 4.78 is 24.4. The average Bonchev–Trinajstić information content (AvgIpc) is 2.63. The van der Waals surface area contributed by atoms with Crippen LogP contribution in [0.25, 0.3) is 6.08 Å². The molecule has 0 radical (unpaired) electrons. The lowest BCUT2D eigenvalue weighted by Crippen LogP contribution is -2.32. The van der Waals surface area contributed by atoms with Gasteiger partial charge in [0.2, 0.25) is 25.0 Å². The van der Waals surface area contributed by atoms with Crippen LogP contribution in [0.15, 0.2) is 42.5 Å². The number of carbonyl (C=O) groups is 1. The number of ketones is 1. The van der Waals surface area contributed by atoms with Gasteiger partial charge in [-0.15, -0.1) is 0 Å². The Morgan fingerprint density at radius 1 is 0.697 bits per heavy atom. The van der Waals surface area contributed by atoms with E-state index in [9.17, 15) is 4.79 Å². The summed E-state index contributed by atoms with van der Waals surface area (Å²) in [6.45, 7) is 19.2. The first-order valence-electron chi connectivity index (χ1n) is 11.2. The fraction of sp³-hybridized carbons (Fsp3) is 0.400. The van der Waals surface area contributed by atoms with E-state index in [0.717, 1.165) is 11.3 Å². The first-order chi connectivity index (χ1) is 15.1. The normalized spacial score (nSPS) is 12.5. The summed E-state index contributed by atoms with van der Waals surface area (Å²) in [6.07, 6.45) is 3.38. The Balaban J connectivity index is 2.57. The van der Waals surface area contributed by atoms with Crippen LogP contribution >= 0.6 is 0 Å². The Hall–Kier alpha value is -2.30. The van der Waals surface area contributed by atoms with E-state index in [1.54, 1.807) is 43.5 Å². The Labute approximate surface area is 202 Å². The smallest absolute Gasteiger partial charge is 0.242 e. The monoisotopic (exact) mass is 502 g/mol. The van der Waals surface area contributed by atoms with Gasteiger partial charge in [-0.2, -0.15) is 0 Å². The quantitative estimate of drug-likeness (QED) is 0.195. The molecule has 2 aromatic carbocycles. The molecule has 0 saturated carbocycles. The number of methoxy groups -OCH3 is 1. The maximum Gasteiger partial charge on any atom is 0.242 e. The number of hydrogen-bond donors (Lipinski definition) is 0. The fourth-order valence-corrected chi connectivity index (χ4v) is 5.48. The molecule has 33 heavy (non-hydrogen) atoms. The van der Waals surface area contributed by atoms with Crippen molar-refractivity contribution in [1.82, 2.24) is 0 Å². The van der Waals surface area contributed by atoms with Crippen LogP contribution in [-0.2, 0) is 0 Å². The molecule has 0 amide bonds. The minimum Gasteiger partial charge on any atom is -0.544 e. The van der Waals surface area contributed by atoms with Gasteiger partial charge >= 0.3 is 0 Å². The number of allylic oxidation sites excluding steroid dienone is 1. The Morgan fingerprint density at radius 3 is 1.55 bits per heavy atom. The van der Waals surface area contributed by atoms with Gasteiger partial charge in [-0.25, -0.2) is 0 Å². The maximum absolute atomic E-state index is 12.9. The lowest BCUT2D eigenvalue weighted by atomic mass is 10.1. The van der Waals surface area contributed by atoms with Gasteiger partial charge in [0.05, 0.1) is 12.7 Å². The highest BCUT2D eigenvalue weighted by Crippen LogP contribution is 2.39. The molecule has 0 aliphatic carbocycles. The second kappa shape index (κ2) is 10.3. The van der Waals surface area contributed by atoms with E-state index >= 15 is 0 Å². The van der Waals surface area contributed by atoms with Crippen molar-refractivity contribution in [2.45, 2.75) is 58.9 Å². The molecule has 0 aromatic heterocycles. The van der Waals surface area contributed by atoms with E-state index < -0.39 is 25.0 Å². The van der Waals surface area contributed by atoms with Crippen LogP contribution in [0.2, 0.25) is 58.9 Å². The second-order valence-corrected chi connectivity index (χ2v) is 24.2. The predicted octanol–water partition coefficient (Wildman–Crippen LogP) is 7.23. The zero-order chi connectivity index (χ0) is 25.0. The molecular weight excluding hydrogens is 465 g/mol. The standard InChI is InChI=1S/C25H38O5Si3/c1-27-20-13-11-19(12-14-20)23(26)16-15-22-24(29-32(5,6)7)17-21(28-31(2,3)4)18-25(22)30-33(8,9)10/h11-18H,1-10H3/b16-15+. The zero-order valence-corrected chi connectivity index (χ0v) is 24.7. The maximum atomic E-state index is 12.9. The highest BCUT2D eigenvalue weighted by Gasteiger charge is 2.26.